The van der Waals surface area contributed by atoms with Crippen molar-refractivity contribution < 1.29 is 28.5 Å². The van der Waals surface area contributed by atoms with Crippen LogP contribution in [-0.4, -0.2) is 76.1 Å². The van der Waals surface area contributed by atoms with Gasteiger partial charge in [0.15, 0.2) is 0 Å². The van der Waals surface area contributed by atoms with Crippen LogP contribution in [0.3, 0.4) is 0 Å². The normalized spacial score (nSPS) is 15.1. The predicted octanol–water partition coefficient (Wildman–Crippen LogP) is 2.49. The fourth-order valence-corrected chi connectivity index (χ4v) is 3.62. The van der Waals surface area contributed by atoms with Gasteiger partial charge in [0.05, 0.1) is 33.1 Å². The van der Waals surface area contributed by atoms with E-state index in [-0.39, 0.29) is 31.0 Å². The zero-order chi connectivity index (χ0) is 24.0. The third-order valence-corrected chi connectivity index (χ3v) is 5.45. The van der Waals surface area contributed by atoms with Gasteiger partial charge < -0.3 is 23.8 Å². The zero-order valence-corrected chi connectivity index (χ0v) is 19.5. The molecule has 0 saturated heterocycles. The second kappa shape index (κ2) is 10.8. The molecule has 0 bridgehead atoms. The summed E-state index contributed by atoms with van der Waals surface area (Å²) in [5.74, 6) is 1.39. The Morgan fingerprint density at radius 3 is 2.27 bits per heavy atom. The molecular weight excluding hydrogens is 426 g/mol. The quantitative estimate of drug-likeness (QED) is 0.577. The number of ether oxygens (including phenoxy) is 4. The highest BCUT2D eigenvalue weighted by Gasteiger charge is 2.34. The van der Waals surface area contributed by atoms with Crippen LogP contribution in [-0.2, 0) is 14.3 Å². The molecule has 0 saturated carbocycles. The third-order valence-electron chi connectivity index (χ3n) is 5.45. The number of amides is 2. The SMILES string of the molecule is COCC(=O)N(C)CC(=O)N1N=C(c2ccc(OC)cc2OC)C[C@H]1c1ccc(OC)cc1. The van der Waals surface area contributed by atoms with Crippen LogP contribution in [0.2, 0.25) is 0 Å². The molecule has 0 aromatic heterocycles. The molecule has 9 nitrogen and oxygen atoms in total. The van der Waals surface area contributed by atoms with Gasteiger partial charge in [0, 0.05) is 32.2 Å². The Balaban J connectivity index is 1.94. The van der Waals surface area contributed by atoms with Crippen molar-refractivity contribution in [1.82, 2.24) is 9.91 Å². The number of hydrogen-bond donors (Lipinski definition) is 0. The van der Waals surface area contributed by atoms with E-state index in [1.54, 1.807) is 34.4 Å². The maximum Gasteiger partial charge on any atom is 0.262 e. The number of carbonyl (C=O) groups is 2. The minimum Gasteiger partial charge on any atom is -0.497 e. The standard InChI is InChI=1S/C24H29N3O6/c1-26(24(29)15-30-2)14-23(28)27-21(16-6-8-17(31-3)9-7-16)13-20(25-27)19-11-10-18(32-4)12-22(19)33-5/h6-12,21H,13-15H2,1-5H3/t21-/m0/s1. The van der Waals surface area contributed by atoms with Gasteiger partial charge in [0.2, 0.25) is 5.91 Å². The Hall–Kier alpha value is -3.59. The molecule has 0 N–H and O–H groups in total. The van der Waals surface area contributed by atoms with E-state index in [1.807, 2.05) is 36.4 Å². The summed E-state index contributed by atoms with van der Waals surface area (Å²) in [7, 11) is 7.77. The van der Waals surface area contributed by atoms with Crippen LogP contribution in [0.4, 0.5) is 0 Å². The molecule has 0 radical (unpaired) electrons. The highest BCUT2D eigenvalue weighted by molar-refractivity contribution is 6.05. The third kappa shape index (κ3) is 5.43. The van der Waals surface area contributed by atoms with Gasteiger partial charge in [0.25, 0.3) is 5.91 Å². The van der Waals surface area contributed by atoms with E-state index in [9.17, 15) is 9.59 Å². The minimum absolute atomic E-state index is 0.0940. The van der Waals surface area contributed by atoms with E-state index in [1.165, 1.54) is 17.0 Å². The van der Waals surface area contributed by atoms with Crippen LogP contribution in [0.5, 0.6) is 17.2 Å². The molecule has 176 valence electrons. The van der Waals surface area contributed by atoms with E-state index in [0.29, 0.717) is 23.6 Å². The summed E-state index contributed by atoms with van der Waals surface area (Å²) in [4.78, 5) is 26.6. The zero-order valence-electron chi connectivity index (χ0n) is 19.5. The molecule has 9 heteroatoms. The Kier molecular flexibility index (Phi) is 7.89. The van der Waals surface area contributed by atoms with Crippen molar-refractivity contribution in [3.8, 4) is 17.2 Å². The Bertz CT molecular complexity index is 1020. The van der Waals surface area contributed by atoms with Crippen molar-refractivity contribution >= 4 is 17.5 Å². The lowest BCUT2D eigenvalue weighted by atomic mass is 9.97. The summed E-state index contributed by atoms with van der Waals surface area (Å²) in [5.41, 5.74) is 2.38. The van der Waals surface area contributed by atoms with Gasteiger partial charge in [-0.3, -0.25) is 9.59 Å². The Morgan fingerprint density at radius 1 is 1.00 bits per heavy atom. The van der Waals surface area contributed by atoms with Gasteiger partial charge in [0.1, 0.15) is 30.4 Å². The number of rotatable bonds is 9. The molecule has 2 amide bonds. The second-order valence-electron chi connectivity index (χ2n) is 7.53. The largest absolute Gasteiger partial charge is 0.497 e. The molecule has 1 atom stereocenters. The summed E-state index contributed by atoms with van der Waals surface area (Å²) in [6.07, 6.45) is 0.483. The Morgan fingerprint density at radius 2 is 1.67 bits per heavy atom. The molecule has 33 heavy (non-hydrogen) atoms. The number of benzene rings is 2. The first-order valence-electron chi connectivity index (χ1n) is 10.4. The van der Waals surface area contributed by atoms with Crippen molar-refractivity contribution in [3.05, 3.63) is 53.6 Å². The van der Waals surface area contributed by atoms with Crippen LogP contribution < -0.4 is 14.2 Å². The number of methoxy groups -OCH3 is 4. The summed E-state index contributed by atoms with van der Waals surface area (Å²) in [6, 6.07) is 12.6. The van der Waals surface area contributed by atoms with Crippen LogP contribution in [0, 0.1) is 0 Å². The minimum atomic E-state index is -0.337. The van der Waals surface area contributed by atoms with Crippen molar-refractivity contribution in [2.24, 2.45) is 5.10 Å². The van der Waals surface area contributed by atoms with Gasteiger partial charge >= 0.3 is 0 Å². The maximum absolute atomic E-state index is 13.2. The monoisotopic (exact) mass is 455 g/mol. The Labute approximate surface area is 193 Å². The van der Waals surface area contributed by atoms with Gasteiger partial charge in [-0.25, -0.2) is 5.01 Å². The van der Waals surface area contributed by atoms with E-state index in [2.05, 4.69) is 5.10 Å². The average Bonchev–Trinajstić information content (AvgIpc) is 3.29. The highest BCUT2D eigenvalue weighted by atomic mass is 16.5. The fourth-order valence-electron chi connectivity index (χ4n) is 3.62. The topological polar surface area (TPSA) is 89.9 Å². The molecule has 0 spiro atoms. The molecule has 1 aliphatic heterocycles. The van der Waals surface area contributed by atoms with E-state index in [4.69, 9.17) is 18.9 Å². The van der Waals surface area contributed by atoms with Gasteiger partial charge in [-0.05, 0) is 29.8 Å². The van der Waals surface area contributed by atoms with Crippen molar-refractivity contribution in [3.63, 3.8) is 0 Å². The van der Waals surface area contributed by atoms with Crippen molar-refractivity contribution in [1.29, 1.82) is 0 Å². The number of likely N-dealkylation sites (N-methyl/N-ethyl adjacent to an activating group) is 1. The van der Waals surface area contributed by atoms with Crippen LogP contribution in [0.15, 0.2) is 47.6 Å². The van der Waals surface area contributed by atoms with Gasteiger partial charge in [-0.2, -0.15) is 5.10 Å². The second-order valence-corrected chi connectivity index (χ2v) is 7.53. The van der Waals surface area contributed by atoms with E-state index in [0.717, 1.165) is 16.9 Å². The first-order chi connectivity index (χ1) is 15.9. The summed E-state index contributed by atoms with van der Waals surface area (Å²) in [5, 5.41) is 6.10. The van der Waals surface area contributed by atoms with Crippen molar-refractivity contribution in [2.45, 2.75) is 12.5 Å². The molecule has 0 unspecified atom stereocenters. The number of hydrogen-bond acceptors (Lipinski definition) is 7. The molecule has 0 aliphatic carbocycles. The fraction of sp³-hybridized carbons (Fsp3) is 0.375. The molecule has 2 aromatic carbocycles. The molecule has 0 fully saturated rings. The number of nitrogens with zero attached hydrogens (tertiary/aromatic N) is 3. The van der Waals surface area contributed by atoms with Gasteiger partial charge in [-0.1, -0.05) is 12.1 Å². The number of hydrazone groups is 1. The van der Waals surface area contributed by atoms with E-state index < -0.39 is 0 Å². The lowest BCUT2D eigenvalue weighted by Crippen LogP contribution is -2.40. The van der Waals surface area contributed by atoms with Crippen LogP contribution in [0.1, 0.15) is 23.6 Å². The summed E-state index contributed by atoms with van der Waals surface area (Å²) < 4.78 is 21.0. The first kappa shape index (κ1) is 24.1. The molecule has 1 heterocycles. The highest BCUT2D eigenvalue weighted by Crippen LogP contribution is 2.36. The summed E-state index contributed by atoms with van der Waals surface area (Å²) in [6.45, 7) is -0.214. The maximum atomic E-state index is 13.2. The molecule has 2 aromatic rings. The average molecular weight is 456 g/mol. The smallest absolute Gasteiger partial charge is 0.262 e. The molecule has 3 rings (SSSR count). The van der Waals surface area contributed by atoms with E-state index >= 15 is 0 Å². The predicted molar refractivity (Wildman–Crippen MR) is 123 cm³/mol. The lowest BCUT2D eigenvalue weighted by Gasteiger charge is -2.25. The first-order valence-corrected chi connectivity index (χ1v) is 10.4. The van der Waals surface area contributed by atoms with Gasteiger partial charge in [-0.15, -0.1) is 0 Å². The molecule has 1 aliphatic rings. The lowest BCUT2D eigenvalue weighted by molar-refractivity contribution is -0.142. The van der Waals surface area contributed by atoms with Crippen LogP contribution in [0.25, 0.3) is 0 Å². The molecular formula is C24H29N3O6. The van der Waals surface area contributed by atoms with Crippen LogP contribution >= 0.6 is 0 Å². The van der Waals surface area contributed by atoms with Crippen molar-refractivity contribution in [2.75, 3.05) is 48.6 Å². The number of carbonyl (C=O) groups excluding carboxylic acids is 2. The summed E-state index contributed by atoms with van der Waals surface area (Å²) >= 11 is 0.